The lowest BCUT2D eigenvalue weighted by Gasteiger charge is -2.07. The molecule has 0 radical (unpaired) electrons. The van der Waals surface area contributed by atoms with Gasteiger partial charge in [-0.15, -0.1) is 0 Å². The standard InChI is InChI=1S/C15H25N3O3/c1-15(2)9-10(15)13(19)18-11(14(20)21)7-5-3-4-6-8-12(16)17/h7,10H,3-6,8-9H2,1-2H3,(H3,16,17)(H,18,19)(H,20,21)/b11-7+. The molecule has 0 aromatic heterocycles. The van der Waals surface area contributed by atoms with E-state index < -0.39 is 5.97 Å². The van der Waals surface area contributed by atoms with Crippen molar-refractivity contribution in [3.05, 3.63) is 11.8 Å². The van der Waals surface area contributed by atoms with Gasteiger partial charge in [0.15, 0.2) is 0 Å². The molecule has 0 spiro atoms. The molecular formula is C15H25N3O3. The van der Waals surface area contributed by atoms with Crippen molar-refractivity contribution in [2.24, 2.45) is 17.1 Å². The van der Waals surface area contributed by atoms with E-state index in [-0.39, 0.29) is 28.8 Å². The molecule has 21 heavy (non-hydrogen) atoms. The van der Waals surface area contributed by atoms with Gasteiger partial charge in [-0.2, -0.15) is 0 Å². The second-order valence-corrected chi connectivity index (χ2v) is 6.28. The maximum Gasteiger partial charge on any atom is 0.352 e. The van der Waals surface area contributed by atoms with E-state index in [4.69, 9.17) is 16.2 Å². The lowest BCUT2D eigenvalue weighted by atomic mass is 10.1. The van der Waals surface area contributed by atoms with Crippen molar-refractivity contribution < 1.29 is 14.7 Å². The number of carboxylic acids is 1. The maximum absolute atomic E-state index is 11.9. The summed E-state index contributed by atoms with van der Waals surface area (Å²) in [5.41, 5.74) is 5.21. The molecule has 1 atom stereocenters. The molecule has 0 saturated heterocycles. The number of amidine groups is 1. The molecule has 1 amide bonds. The summed E-state index contributed by atoms with van der Waals surface area (Å²) in [5, 5.41) is 18.7. The molecular weight excluding hydrogens is 270 g/mol. The van der Waals surface area contributed by atoms with Crippen LogP contribution in [0.4, 0.5) is 0 Å². The Bertz CT molecular complexity index is 455. The monoisotopic (exact) mass is 295 g/mol. The molecule has 6 nitrogen and oxygen atoms in total. The van der Waals surface area contributed by atoms with E-state index in [0.29, 0.717) is 12.8 Å². The first kappa shape index (κ1) is 17.2. The Kier molecular flexibility index (Phi) is 5.93. The SMILES string of the molecule is CC1(C)CC1C(=O)N/C(=C/CCCCCC(=N)N)C(=O)O. The van der Waals surface area contributed by atoms with E-state index >= 15 is 0 Å². The summed E-state index contributed by atoms with van der Waals surface area (Å²) in [4.78, 5) is 23.0. The zero-order chi connectivity index (χ0) is 16.0. The molecule has 0 heterocycles. The molecule has 1 unspecified atom stereocenters. The van der Waals surface area contributed by atoms with E-state index in [1.807, 2.05) is 13.8 Å². The van der Waals surface area contributed by atoms with Crippen LogP contribution in [0.5, 0.6) is 0 Å². The van der Waals surface area contributed by atoms with Gasteiger partial charge in [0, 0.05) is 12.3 Å². The third kappa shape index (κ3) is 5.97. The van der Waals surface area contributed by atoms with Crippen molar-refractivity contribution in [3.8, 4) is 0 Å². The molecule has 6 heteroatoms. The van der Waals surface area contributed by atoms with Gasteiger partial charge in [0.2, 0.25) is 5.91 Å². The highest BCUT2D eigenvalue weighted by atomic mass is 16.4. The van der Waals surface area contributed by atoms with Gasteiger partial charge in [-0.1, -0.05) is 26.3 Å². The fourth-order valence-electron chi connectivity index (χ4n) is 2.21. The number of carbonyl (C=O) groups is 2. The van der Waals surface area contributed by atoms with Gasteiger partial charge >= 0.3 is 5.97 Å². The highest BCUT2D eigenvalue weighted by Gasteiger charge is 2.50. The molecule has 0 aliphatic heterocycles. The number of unbranched alkanes of at least 4 members (excludes halogenated alkanes) is 3. The van der Waals surface area contributed by atoms with E-state index in [2.05, 4.69) is 5.32 Å². The van der Waals surface area contributed by atoms with Crippen molar-refractivity contribution in [2.75, 3.05) is 0 Å². The summed E-state index contributed by atoms with van der Waals surface area (Å²) in [7, 11) is 0. The smallest absolute Gasteiger partial charge is 0.352 e. The topological polar surface area (TPSA) is 116 Å². The molecule has 0 aromatic rings. The predicted octanol–water partition coefficient (Wildman–Crippen LogP) is 2.00. The number of nitrogens with one attached hydrogen (secondary N) is 2. The molecule has 0 aromatic carbocycles. The van der Waals surface area contributed by atoms with Crippen molar-refractivity contribution in [1.82, 2.24) is 5.32 Å². The van der Waals surface area contributed by atoms with Crippen LogP contribution in [0.2, 0.25) is 0 Å². The largest absolute Gasteiger partial charge is 0.477 e. The van der Waals surface area contributed by atoms with E-state index in [0.717, 1.165) is 25.7 Å². The molecule has 1 fully saturated rings. The van der Waals surface area contributed by atoms with Gasteiger partial charge in [0.25, 0.3) is 0 Å². The summed E-state index contributed by atoms with van der Waals surface area (Å²) in [6.07, 6.45) is 6.05. The maximum atomic E-state index is 11.9. The van der Waals surface area contributed by atoms with Gasteiger partial charge in [-0.25, -0.2) is 4.79 Å². The summed E-state index contributed by atoms with van der Waals surface area (Å²) >= 11 is 0. The van der Waals surface area contributed by atoms with E-state index in [9.17, 15) is 9.59 Å². The second-order valence-electron chi connectivity index (χ2n) is 6.28. The molecule has 1 aliphatic carbocycles. The normalized spacial score (nSPS) is 19.9. The van der Waals surface area contributed by atoms with Crippen LogP contribution in [-0.2, 0) is 9.59 Å². The first-order valence-electron chi connectivity index (χ1n) is 7.31. The van der Waals surface area contributed by atoms with Gasteiger partial charge in [-0.05, 0) is 31.1 Å². The van der Waals surface area contributed by atoms with E-state index in [1.54, 1.807) is 6.08 Å². The van der Waals surface area contributed by atoms with Crippen LogP contribution in [0, 0.1) is 16.7 Å². The minimum atomic E-state index is -1.11. The van der Waals surface area contributed by atoms with Crippen molar-refractivity contribution in [2.45, 2.75) is 52.4 Å². The molecule has 1 saturated carbocycles. The fourth-order valence-corrected chi connectivity index (χ4v) is 2.21. The number of amides is 1. The van der Waals surface area contributed by atoms with Crippen LogP contribution in [0.1, 0.15) is 52.4 Å². The van der Waals surface area contributed by atoms with Gasteiger partial charge in [0.1, 0.15) is 5.70 Å². The summed E-state index contributed by atoms with van der Waals surface area (Å²) in [5.74, 6) is -1.22. The zero-order valence-electron chi connectivity index (χ0n) is 12.7. The average molecular weight is 295 g/mol. The van der Waals surface area contributed by atoms with Crippen molar-refractivity contribution >= 4 is 17.7 Å². The van der Waals surface area contributed by atoms with Gasteiger partial charge in [-0.3, -0.25) is 10.2 Å². The van der Waals surface area contributed by atoms with Crippen LogP contribution in [0.15, 0.2) is 11.8 Å². The Morgan fingerprint density at radius 2 is 2.00 bits per heavy atom. The summed E-state index contributed by atoms with van der Waals surface area (Å²) in [6, 6.07) is 0. The third-order valence-corrected chi connectivity index (χ3v) is 3.82. The molecule has 5 N–H and O–H groups in total. The minimum Gasteiger partial charge on any atom is -0.477 e. The average Bonchev–Trinajstić information content (AvgIpc) is 3.00. The summed E-state index contributed by atoms with van der Waals surface area (Å²) < 4.78 is 0. The number of rotatable bonds is 9. The van der Waals surface area contributed by atoms with Gasteiger partial charge < -0.3 is 16.2 Å². The van der Waals surface area contributed by atoms with Crippen LogP contribution in [0.25, 0.3) is 0 Å². The van der Waals surface area contributed by atoms with Crippen LogP contribution in [0.3, 0.4) is 0 Å². The Morgan fingerprint density at radius 3 is 2.48 bits per heavy atom. The summed E-state index contributed by atoms with van der Waals surface area (Å²) in [6.45, 7) is 3.99. The number of allylic oxidation sites excluding steroid dienone is 1. The number of carboxylic acid groups (broad SMARTS) is 1. The lowest BCUT2D eigenvalue weighted by Crippen LogP contribution is -2.29. The second kappa shape index (κ2) is 7.24. The molecule has 1 aliphatic rings. The lowest BCUT2D eigenvalue weighted by molar-refractivity contribution is -0.135. The highest BCUT2D eigenvalue weighted by Crippen LogP contribution is 2.51. The Morgan fingerprint density at radius 1 is 1.38 bits per heavy atom. The Balaban J connectivity index is 2.35. The third-order valence-electron chi connectivity index (χ3n) is 3.82. The first-order chi connectivity index (χ1) is 9.74. The first-order valence-corrected chi connectivity index (χ1v) is 7.31. The van der Waals surface area contributed by atoms with Crippen LogP contribution >= 0.6 is 0 Å². The van der Waals surface area contributed by atoms with Crippen molar-refractivity contribution in [3.63, 3.8) is 0 Å². The van der Waals surface area contributed by atoms with Gasteiger partial charge in [0.05, 0.1) is 5.84 Å². The van der Waals surface area contributed by atoms with E-state index in [1.165, 1.54) is 0 Å². The van der Waals surface area contributed by atoms with Crippen molar-refractivity contribution in [1.29, 1.82) is 5.41 Å². The zero-order valence-corrected chi connectivity index (χ0v) is 12.7. The van der Waals surface area contributed by atoms with Crippen LogP contribution < -0.4 is 11.1 Å². The number of nitrogens with two attached hydrogens (primary N) is 1. The number of hydrogen-bond acceptors (Lipinski definition) is 3. The molecule has 118 valence electrons. The number of carbonyl (C=O) groups excluding carboxylic acids is 1. The minimum absolute atomic E-state index is 0.0135. The predicted molar refractivity (Wildman–Crippen MR) is 80.7 cm³/mol. The molecule has 1 rings (SSSR count). The number of hydrogen-bond donors (Lipinski definition) is 4. The Hall–Kier alpha value is -1.85. The fraction of sp³-hybridized carbons (Fsp3) is 0.667. The number of aliphatic carboxylic acids is 1. The Labute approximate surface area is 125 Å². The highest BCUT2D eigenvalue weighted by molar-refractivity contribution is 5.94. The molecule has 0 bridgehead atoms. The van der Waals surface area contributed by atoms with Crippen LogP contribution in [-0.4, -0.2) is 22.8 Å². The quantitative estimate of drug-likeness (QED) is 0.225.